The zero-order valence-corrected chi connectivity index (χ0v) is 14.2. The minimum Gasteiger partial charge on any atom is -0.354 e. The third-order valence-electron chi connectivity index (χ3n) is 4.34. The molecule has 1 aliphatic rings. The third-order valence-corrected chi connectivity index (χ3v) is 4.34. The number of aromatic nitrogens is 5. The summed E-state index contributed by atoms with van der Waals surface area (Å²) >= 11 is 0. The first-order valence-corrected chi connectivity index (χ1v) is 8.33. The summed E-state index contributed by atoms with van der Waals surface area (Å²) in [6.45, 7) is 4.98. The Morgan fingerprint density at radius 2 is 2.08 bits per heavy atom. The lowest BCUT2D eigenvalue weighted by molar-refractivity contribution is 0.364. The second-order valence-corrected chi connectivity index (χ2v) is 6.28. The zero-order chi connectivity index (χ0) is 17.4. The minimum absolute atomic E-state index is 0.416. The van der Waals surface area contributed by atoms with Gasteiger partial charge in [0.05, 0.1) is 23.6 Å². The normalized spacial score (nSPS) is 17.9. The summed E-state index contributed by atoms with van der Waals surface area (Å²) in [5, 5.41) is 4.49. The number of nitrogens with zero attached hydrogens (tertiary/aromatic N) is 6. The molecule has 4 rings (SSSR count). The van der Waals surface area contributed by atoms with Gasteiger partial charge in [-0.3, -0.25) is 4.98 Å². The van der Waals surface area contributed by atoms with Crippen molar-refractivity contribution in [1.82, 2.24) is 24.6 Å². The smallest absolute Gasteiger partial charge is 0.177 e. The standard InChI is InChI=1S/C18H19FN6/c1-12-10-20-13(2)18-22-16(23-25(12)18)7-6-15-4-3-5-17(21-15)24-9-8-14(19)11-24/h3-7,10,14H,8-9,11H2,1-2H3/b7-6+/t14-/m1/s1. The Morgan fingerprint density at radius 3 is 2.84 bits per heavy atom. The molecule has 7 heteroatoms. The Bertz CT molecular complexity index is 909. The van der Waals surface area contributed by atoms with Crippen LogP contribution in [0.25, 0.3) is 17.8 Å². The number of pyridine rings is 1. The van der Waals surface area contributed by atoms with Crippen LogP contribution in [0.1, 0.15) is 29.3 Å². The summed E-state index contributed by atoms with van der Waals surface area (Å²) in [4.78, 5) is 15.4. The third kappa shape index (κ3) is 3.09. The van der Waals surface area contributed by atoms with E-state index >= 15 is 0 Å². The summed E-state index contributed by atoms with van der Waals surface area (Å²) < 4.78 is 15.2. The first kappa shape index (κ1) is 15.7. The molecular formula is C18H19FN6. The molecule has 0 amide bonds. The minimum atomic E-state index is -0.761. The number of halogens is 1. The summed E-state index contributed by atoms with van der Waals surface area (Å²) in [6.07, 6.45) is 5.30. The molecule has 4 heterocycles. The number of hydrogen-bond acceptors (Lipinski definition) is 5. The van der Waals surface area contributed by atoms with E-state index in [1.54, 1.807) is 10.7 Å². The lowest BCUT2D eigenvalue weighted by Gasteiger charge is -2.16. The van der Waals surface area contributed by atoms with Crippen molar-refractivity contribution in [2.24, 2.45) is 0 Å². The average Bonchev–Trinajstić information content (AvgIpc) is 3.24. The van der Waals surface area contributed by atoms with Gasteiger partial charge in [0.2, 0.25) is 0 Å². The Kier molecular flexibility index (Phi) is 3.91. The van der Waals surface area contributed by atoms with Crippen LogP contribution < -0.4 is 4.90 Å². The highest BCUT2D eigenvalue weighted by Crippen LogP contribution is 2.20. The van der Waals surface area contributed by atoms with Crippen molar-refractivity contribution >= 4 is 23.6 Å². The lowest BCUT2D eigenvalue weighted by atomic mass is 10.3. The lowest BCUT2D eigenvalue weighted by Crippen LogP contribution is -2.21. The molecule has 25 heavy (non-hydrogen) atoms. The van der Waals surface area contributed by atoms with Gasteiger partial charge in [0.25, 0.3) is 0 Å². The monoisotopic (exact) mass is 338 g/mol. The van der Waals surface area contributed by atoms with Crippen molar-refractivity contribution in [1.29, 1.82) is 0 Å². The van der Waals surface area contributed by atoms with Crippen LogP contribution in [0.15, 0.2) is 24.4 Å². The van der Waals surface area contributed by atoms with E-state index in [0.717, 1.165) is 28.5 Å². The van der Waals surface area contributed by atoms with E-state index in [1.165, 1.54) is 0 Å². The van der Waals surface area contributed by atoms with Crippen molar-refractivity contribution in [2.45, 2.75) is 26.4 Å². The fourth-order valence-corrected chi connectivity index (χ4v) is 2.98. The van der Waals surface area contributed by atoms with Crippen LogP contribution in [0.2, 0.25) is 0 Å². The first-order valence-electron chi connectivity index (χ1n) is 8.33. The molecule has 1 aliphatic heterocycles. The molecule has 3 aromatic heterocycles. The molecule has 128 valence electrons. The van der Waals surface area contributed by atoms with Crippen molar-refractivity contribution < 1.29 is 4.39 Å². The Balaban J connectivity index is 1.60. The maximum atomic E-state index is 13.4. The van der Waals surface area contributed by atoms with Gasteiger partial charge in [-0.1, -0.05) is 6.07 Å². The van der Waals surface area contributed by atoms with Crippen molar-refractivity contribution in [2.75, 3.05) is 18.0 Å². The largest absolute Gasteiger partial charge is 0.354 e. The molecule has 6 nitrogen and oxygen atoms in total. The van der Waals surface area contributed by atoms with Gasteiger partial charge in [-0.2, -0.15) is 0 Å². The van der Waals surface area contributed by atoms with E-state index in [4.69, 9.17) is 0 Å². The number of rotatable bonds is 3. The van der Waals surface area contributed by atoms with E-state index in [0.29, 0.717) is 25.3 Å². The van der Waals surface area contributed by atoms with Crippen LogP contribution in [-0.4, -0.2) is 43.8 Å². The molecule has 0 N–H and O–H groups in total. The quantitative estimate of drug-likeness (QED) is 0.735. The number of anilines is 1. The highest BCUT2D eigenvalue weighted by Gasteiger charge is 2.22. The van der Waals surface area contributed by atoms with Gasteiger partial charge >= 0.3 is 0 Å². The summed E-state index contributed by atoms with van der Waals surface area (Å²) in [7, 11) is 0. The Hall–Kier alpha value is -2.83. The molecule has 3 aromatic rings. The van der Waals surface area contributed by atoms with Crippen LogP contribution in [0.3, 0.4) is 0 Å². The maximum absolute atomic E-state index is 13.4. The SMILES string of the molecule is Cc1ncc(C)n2nc(/C=C/c3cccc(N4CC[C@@H](F)C4)n3)nc12. The molecule has 0 spiro atoms. The summed E-state index contributed by atoms with van der Waals surface area (Å²) in [6, 6.07) is 5.76. The van der Waals surface area contributed by atoms with Crippen LogP contribution >= 0.6 is 0 Å². The fourth-order valence-electron chi connectivity index (χ4n) is 2.98. The number of fused-ring (bicyclic) bond motifs is 1. The van der Waals surface area contributed by atoms with Crippen LogP contribution in [-0.2, 0) is 0 Å². The molecule has 0 radical (unpaired) electrons. The molecule has 1 fully saturated rings. The second kappa shape index (κ2) is 6.23. The van der Waals surface area contributed by atoms with Crippen molar-refractivity contribution in [3.8, 4) is 0 Å². The van der Waals surface area contributed by atoms with E-state index in [9.17, 15) is 4.39 Å². The van der Waals surface area contributed by atoms with E-state index < -0.39 is 6.17 Å². The highest BCUT2D eigenvalue weighted by atomic mass is 19.1. The molecule has 1 saturated heterocycles. The molecule has 1 atom stereocenters. The zero-order valence-electron chi connectivity index (χ0n) is 14.2. The van der Waals surface area contributed by atoms with Crippen LogP contribution in [0.4, 0.5) is 10.2 Å². The van der Waals surface area contributed by atoms with Gasteiger partial charge in [0, 0.05) is 12.7 Å². The Labute approximate surface area is 145 Å². The predicted octanol–water partition coefficient (Wildman–Crippen LogP) is 2.85. The van der Waals surface area contributed by atoms with Crippen LogP contribution in [0, 0.1) is 13.8 Å². The number of alkyl halides is 1. The summed E-state index contributed by atoms with van der Waals surface area (Å²) in [5.74, 6) is 1.41. The molecule has 0 aliphatic carbocycles. The van der Waals surface area contributed by atoms with E-state index in [2.05, 4.69) is 20.1 Å². The molecule has 0 bridgehead atoms. The van der Waals surface area contributed by atoms with Gasteiger partial charge in [-0.05, 0) is 44.6 Å². The number of aryl methyl sites for hydroxylation is 2. The Morgan fingerprint density at radius 1 is 1.20 bits per heavy atom. The van der Waals surface area contributed by atoms with Gasteiger partial charge in [-0.25, -0.2) is 18.9 Å². The average molecular weight is 338 g/mol. The van der Waals surface area contributed by atoms with Gasteiger partial charge in [-0.15, -0.1) is 5.10 Å². The van der Waals surface area contributed by atoms with Crippen molar-refractivity contribution in [3.05, 3.63) is 47.3 Å². The second-order valence-electron chi connectivity index (χ2n) is 6.28. The maximum Gasteiger partial charge on any atom is 0.177 e. The molecule has 0 unspecified atom stereocenters. The summed E-state index contributed by atoms with van der Waals surface area (Å²) in [5.41, 5.74) is 3.33. The highest BCUT2D eigenvalue weighted by molar-refractivity contribution is 5.66. The van der Waals surface area contributed by atoms with Gasteiger partial charge in [0.15, 0.2) is 11.5 Å². The predicted molar refractivity (Wildman–Crippen MR) is 95.1 cm³/mol. The van der Waals surface area contributed by atoms with Crippen LogP contribution in [0.5, 0.6) is 0 Å². The van der Waals surface area contributed by atoms with Gasteiger partial charge < -0.3 is 4.90 Å². The molecule has 0 aromatic carbocycles. The van der Waals surface area contributed by atoms with Crippen molar-refractivity contribution in [3.63, 3.8) is 0 Å². The first-order chi connectivity index (χ1) is 12.1. The number of hydrogen-bond donors (Lipinski definition) is 0. The van der Waals surface area contributed by atoms with Gasteiger partial charge in [0.1, 0.15) is 12.0 Å². The van der Waals surface area contributed by atoms with E-state index in [-0.39, 0.29) is 0 Å². The fraction of sp³-hybridized carbons (Fsp3) is 0.333. The molecule has 0 saturated carbocycles. The van der Waals surface area contributed by atoms with E-state index in [1.807, 2.05) is 49.1 Å². The molecular weight excluding hydrogens is 319 g/mol. The topological polar surface area (TPSA) is 59.2 Å².